The van der Waals surface area contributed by atoms with Crippen LogP contribution in [0.1, 0.15) is 11.1 Å². The molecule has 0 amide bonds. The van der Waals surface area contributed by atoms with Gasteiger partial charge in [0.1, 0.15) is 30.5 Å². The number of rotatable bonds is 6. The Hall–Kier alpha value is -3.40. The van der Waals surface area contributed by atoms with Crippen molar-refractivity contribution in [2.45, 2.75) is 12.4 Å². The highest BCUT2D eigenvalue weighted by atomic mass is 79.9. The third kappa shape index (κ3) is 6.59. The average molecular weight is 775 g/mol. The topological polar surface area (TPSA) is 95.5 Å². The van der Waals surface area contributed by atoms with E-state index in [1.807, 2.05) is 0 Å². The summed E-state index contributed by atoms with van der Waals surface area (Å²) in [5, 5.41) is 23.1. The molecule has 0 aliphatic carbocycles. The Morgan fingerprint density at radius 1 is 0.628 bits per heavy atom. The van der Waals surface area contributed by atoms with Crippen molar-refractivity contribution in [2.24, 2.45) is 0 Å². The van der Waals surface area contributed by atoms with Crippen LogP contribution in [-0.4, -0.2) is 9.85 Å². The van der Waals surface area contributed by atoms with E-state index >= 15 is 0 Å². The number of ether oxygens (including phenoxy) is 1. The summed E-state index contributed by atoms with van der Waals surface area (Å²) in [7, 11) is 0. The second kappa shape index (κ2) is 11.9. The highest BCUT2D eigenvalue weighted by Gasteiger charge is 2.33. The Morgan fingerprint density at radius 3 is 1.19 bits per heavy atom. The second-order valence-corrected chi connectivity index (χ2v) is 10.9. The van der Waals surface area contributed by atoms with E-state index in [9.17, 15) is 46.6 Å². The van der Waals surface area contributed by atoms with E-state index in [0.717, 1.165) is 60.7 Å². The van der Waals surface area contributed by atoms with Crippen LogP contribution in [0.25, 0.3) is 22.3 Å². The largest absolute Gasteiger partial charge is 0.454 e. The summed E-state index contributed by atoms with van der Waals surface area (Å²) >= 11 is 18.7. The summed E-state index contributed by atoms with van der Waals surface area (Å²) in [6.45, 7) is 0. The smallest absolute Gasteiger partial charge is 0.416 e. The quantitative estimate of drug-likeness (QED) is 0.110. The summed E-state index contributed by atoms with van der Waals surface area (Å²) in [6.07, 6.45) is -9.33. The van der Waals surface area contributed by atoms with Gasteiger partial charge in [-0.2, -0.15) is 26.3 Å². The maximum absolute atomic E-state index is 13.1. The molecule has 7 nitrogen and oxygen atoms in total. The van der Waals surface area contributed by atoms with Crippen LogP contribution in [0.15, 0.2) is 69.6 Å². The Labute approximate surface area is 263 Å². The molecule has 0 radical (unpaired) electrons. The normalized spacial score (nSPS) is 11.9. The molecule has 43 heavy (non-hydrogen) atoms. The van der Waals surface area contributed by atoms with Gasteiger partial charge in [0.05, 0.1) is 32.1 Å². The molecule has 0 aromatic heterocycles. The molecule has 0 heterocycles. The predicted molar refractivity (Wildman–Crippen MR) is 153 cm³/mol. The van der Waals surface area contributed by atoms with Crippen LogP contribution in [0.5, 0.6) is 11.5 Å². The number of nitro groups is 2. The van der Waals surface area contributed by atoms with Gasteiger partial charge < -0.3 is 4.74 Å². The van der Waals surface area contributed by atoms with Crippen LogP contribution in [-0.2, 0) is 12.4 Å². The zero-order valence-electron chi connectivity index (χ0n) is 20.5. The molecule has 4 rings (SSSR count). The summed E-state index contributed by atoms with van der Waals surface area (Å²) in [5.41, 5.74) is -3.62. The zero-order chi connectivity index (χ0) is 32.0. The number of alkyl halides is 6. The minimum atomic E-state index is -4.66. The van der Waals surface area contributed by atoms with Crippen molar-refractivity contribution in [2.75, 3.05) is 0 Å². The lowest BCUT2D eigenvalue weighted by Crippen LogP contribution is -2.04. The van der Waals surface area contributed by atoms with Gasteiger partial charge in [0.25, 0.3) is 11.4 Å². The second-order valence-electron chi connectivity index (χ2n) is 8.56. The van der Waals surface area contributed by atoms with Crippen LogP contribution in [0.4, 0.5) is 37.7 Å². The highest BCUT2D eigenvalue weighted by Crippen LogP contribution is 2.51. The van der Waals surface area contributed by atoms with Crippen LogP contribution < -0.4 is 4.74 Å². The molecular weight excluding hydrogens is 765 g/mol. The molecule has 0 saturated carbocycles. The fraction of sp³-hybridized carbons (Fsp3) is 0.0769. The van der Waals surface area contributed by atoms with Gasteiger partial charge in [-0.1, -0.05) is 47.5 Å². The minimum Gasteiger partial charge on any atom is -0.454 e. The van der Waals surface area contributed by atoms with E-state index in [2.05, 4.69) is 31.9 Å². The molecule has 224 valence electrons. The number of benzene rings is 4. The molecule has 0 saturated heterocycles. The van der Waals surface area contributed by atoms with Crippen molar-refractivity contribution < 1.29 is 40.9 Å². The van der Waals surface area contributed by atoms with Gasteiger partial charge in [0.2, 0.25) is 0 Å². The van der Waals surface area contributed by atoms with E-state index in [-0.39, 0.29) is 52.7 Å². The third-order valence-corrected chi connectivity index (χ3v) is 8.68. The maximum atomic E-state index is 13.1. The fourth-order valence-electron chi connectivity index (χ4n) is 3.93. The molecule has 17 heteroatoms. The van der Waals surface area contributed by atoms with Gasteiger partial charge in [-0.3, -0.25) is 20.2 Å². The molecule has 0 unspecified atom stereocenters. The van der Waals surface area contributed by atoms with E-state index in [0.29, 0.717) is 0 Å². The van der Waals surface area contributed by atoms with Gasteiger partial charge >= 0.3 is 12.4 Å². The number of nitro benzene ring substituents is 2. The molecule has 0 aliphatic heterocycles. The van der Waals surface area contributed by atoms with Crippen LogP contribution >= 0.6 is 55.1 Å². The van der Waals surface area contributed by atoms with Gasteiger partial charge in [-0.15, -0.1) is 0 Å². The summed E-state index contributed by atoms with van der Waals surface area (Å²) in [6, 6.07) is 9.06. The van der Waals surface area contributed by atoms with Crippen LogP contribution in [0.3, 0.4) is 0 Å². The van der Waals surface area contributed by atoms with Crippen molar-refractivity contribution in [1.29, 1.82) is 0 Å². The zero-order valence-corrected chi connectivity index (χ0v) is 25.2. The van der Waals surface area contributed by atoms with E-state index in [1.165, 1.54) is 0 Å². The molecule has 0 N–H and O–H groups in total. The first-order valence-electron chi connectivity index (χ1n) is 11.3. The molecule has 0 fully saturated rings. The van der Waals surface area contributed by atoms with Crippen molar-refractivity contribution in [3.05, 3.63) is 111 Å². The number of nitrogens with zero attached hydrogens (tertiary/aromatic N) is 2. The maximum Gasteiger partial charge on any atom is 0.416 e. The van der Waals surface area contributed by atoms with Crippen molar-refractivity contribution in [1.82, 2.24) is 0 Å². The molecular formula is C26H10Br2Cl2F6N2O5. The monoisotopic (exact) mass is 772 g/mol. The first-order chi connectivity index (χ1) is 19.9. The average Bonchev–Trinajstić information content (AvgIpc) is 2.92. The van der Waals surface area contributed by atoms with E-state index in [1.54, 1.807) is 0 Å². The molecule has 0 aliphatic rings. The molecule has 4 aromatic rings. The Bertz CT molecular complexity index is 1640. The van der Waals surface area contributed by atoms with Gasteiger partial charge in [0.15, 0.2) is 0 Å². The van der Waals surface area contributed by atoms with Crippen molar-refractivity contribution in [3.63, 3.8) is 0 Å². The first-order valence-corrected chi connectivity index (χ1v) is 13.6. The minimum absolute atomic E-state index is 0.0108. The van der Waals surface area contributed by atoms with E-state index < -0.39 is 44.7 Å². The lowest BCUT2D eigenvalue weighted by Gasteiger charge is -2.16. The Balaban J connectivity index is 1.89. The van der Waals surface area contributed by atoms with E-state index in [4.69, 9.17) is 27.9 Å². The SMILES string of the molecule is O=[N+]([O-])c1c(-c2ccc(C(F)(F)F)cc2)cc(Oc2cc(-c3ccc(C(F)(F)F)cc3)c([N+](=O)[O-])c(Br)c2Cl)c(Cl)c1Br. The number of hydrogen-bond donors (Lipinski definition) is 0. The van der Waals surface area contributed by atoms with Gasteiger partial charge in [0, 0.05) is 0 Å². The molecule has 0 bridgehead atoms. The Kier molecular flexibility index (Phi) is 9.03. The third-order valence-electron chi connectivity index (χ3n) is 5.93. The van der Waals surface area contributed by atoms with Gasteiger partial charge in [-0.05, 0) is 79.4 Å². The predicted octanol–water partition coefficient (Wildman–Crippen LogP) is 11.5. The first kappa shape index (κ1) is 32.5. The molecule has 0 spiro atoms. The Morgan fingerprint density at radius 2 is 0.930 bits per heavy atom. The number of hydrogen-bond acceptors (Lipinski definition) is 5. The van der Waals surface area contributed by atoms with Crippen LogP contribution in [0.2, 0.25) is 10.0 Å². The lowest BCUT2D eigenvalue weighted by atomic mass is 10.0. The standard InChI is InChI=1S/C26H10Br2Cl2F6N2O5/c27-19-21(29)17(9-15(23(19)37(39)40)11-1-5-13(6-2-11)25(31,32)33)43-18-10-16(24(38(41)42)20(28)22(18)30)12-3-7-14(8-4-12)26(34,35)36/h1-10H. The fourth-order valence-corrected chi connectivity index (χ4v) is 5.40. The van der Waals surface area contributed by atoms with Gasteiger partial charge in [-0.25, -0.2) is 0 Å². The summed E-state index contributed by atoms with van der Waals surface area (Å²) in [4.78, 5) is 22.1. The molecule has 4 aromatic carbocycles. The molecule has 0 atom stereocenters. The summed E-state index contributed by atoms with van der Waals surface area (Å²) < 4.78 is 83.6. The van der Waals surface area contributed by atoms with Crippen molar-refractivity contribution in [3.8, 4) is 33.8 Å². The lowest BCUT2D eigenvalue weighted by molar-refractivity contribution is -0.385. The van der Waals surface area contributed by atoms with Crippen LogP contribution in [0, 0.1) is 20.2 Å². The van der Waals surface area contributed by atoms with Crippen molar-refractivity contribution >= 4 is 66.4 Å². The highest BCUT2D eigenvalue weighted by molar-refractivity contribution is 9.11. The summed E-state index contributed by atoms with van der Waals surface area (Å²) in [5.74, 6) is -0.592. The number of halogens is 10.